The average molecular weight is 303 g/mol. The highest BCUT2D eigenvalue weighted by atomic mass is 19.4. The molecule has 1 aromatic carbocycles. The lowest BCUT2D eigenvalue weighted by Crippen LogP contribution is -2.15. The largest absolute Gasteiger partial charge is 0.467 e. The molecule has 0 bridgehead atoms. The van der Waals surface area contributed by atoms with Crippen LogP contribution in [0.3, 0.4) is 0 Å². The highest BCUT2D eigenvalue weighted by Crippen LogP contribution is 2.37. The van der Waals surface area contributed by atoms with Crippen molar-refractivity contribution in [2.24, 2.45) is 5.92 Å². The summed E-state index contributed by atoms with van der Waals surface area (Å²) in [5.41, 5.74) is -0.177. The molecule has 0 heterocycles. The molecule has 1 saturated carbocycles. The Bertz CT molecular complexity index is 459. The molecule has 0 atom stereocenters. The third kappa shape index (κ3) is 5.21. The van der Waals surface area contributed by atoms with Crippen molar-refractivity contribution >= 4 is 0 Å². The van der Waals surface area contributed by atoms with E-state index in [0.717, 1.165) is 18.9 Å². The van der Waals surface area contributed by atoms with Gasteiger partial charge in [-0.2, -0.15) is 13.2 Å². The van der Waals surface area contributed by atoms with Crippen molar-refractivity contribution in [3.8, 4) is 5.75 Å². The topological polar surface area (TPSA) is 30.5 Å². The molecule has 0 aromatic heterocycles. The molecule has 6 heteroatoms. The Hall–Kier alpha value is -1.27. The van der Waals surface area contributed by atoms with Crippen LogP contribution in [0.1, 0.15) is 30.9 Å². The van der Waals surface area contributed by atoms with Crippen molar-refractivity contribution in [2.75, 3.05) is 19.9 Å². The van der Waals surface area contributed by atoms with Gasteiger partial charge in [-0.05, 0) is 43.0 Å². The molecular formula is C15H20F3NO2. The lowest BCUT2D eigenvalue weighted by atomic mass is 10.1. The first-order chi connectivity index (χ1) is 10.0. The van der Waals surface area contributed by atoms with Crippen LogP contribution in [-0.4, -0.2) is 19.9 Å². The van der Waals surface area contributed by atoms with Gasteiger partial charge in [0, 0.05) is 6.54 Å². The molecule has 0 radical (unpaired) electrons. The molecule has 0 unspecified atom stereocenters. The average Bonchev–Trinajstić information content (AvgIpc) is 3.25. The van der Waals surface area contributed by atoms with Gasteiger partial charge in [-0.15, -0.1) is 0 Å². The summed E-state index contributed by atoms with van der Waals surface area (Å²) < 4.78 is 49.5. The van der Waals surface area contributed by atoms with Crippen LogP contribution in [0.2, 0.25) is 0 Å². The van der Waals surface area contributed by atoms with E-state index in [4.69, 9.17) is 9.47 Å². The fraction of sp³-hybridized carbons (Fsp3) is 0.600. The van der Waals surface area contributed by atoms with Crippen LogP contribution in [0.25, 0.3) is 0 Å². The van der Waals surface area contributed by atoms with E-state index in [2.05, 4.69) is 5.32 Å². The van der Waals surface area contributed by atoms with Crippen LogP contribution in [0.5, 0.6) is 5.75 Å². The monoisotopic (exact) mass is 303 g/mol. The minimum Gasteiger partial charge on any atom is -0.467 e. The molecule has 0 aliphatic heterocycles. The maximum atomic E-state index is 13.1. The summed E-state index contributed by atoms with van der Waals surface area (Å²) in [6.07, 6.45) is -2.17. The Morgan fingerprint density at radius 1 is 1.29 bits per heavy atom. The Morgan fingerprint density at radius 3 is 2.67 bits per heavy atom. The second-order valence-electron chi connectivity index (χ2n) is 5.18. The number of halogens is 3. The molecule has 1 aliphatic carbocycles. The van der Waals surface area contributed by atoms with Gasteiger partial charge in [-0.1, -0.05) is 13.0 Å². The molecule has 0 amide bonds. The Labute approximate surface area is 122 Å². The second kappa shape index (κ2) is 7.13. The van der Waals surface area contributed by atoms with Gasteiger partial charge in [0.2, 0.25) is 0 Å². The molecule has 0 spiro atoms. The summed E-state index contributed by atoms with van der Waals surface area (Å²) in [7, 11) is 0. The highest BCUT2D eigenvalue weighted by Gasteiger charge is 2.34. The number of rotatable bonds is 8. The predicted molar refractivity (Wildman–Crippen MR) is 73.0 cm³/mol. The van der Waals surface area contributed by atoms with E-state index >= 15 is 0 Å². The maximum Gasteiger partial charge on any atom is 0.419 e. The Morgan fingerprint density at radius 2 is 2.05 bits per heavy atom. The van der Waals surface area contributed by atoms with Gasteiger partial charge in [-0.3, -0.25) is 0 Å². The summed E-state index contributed by atoms with van der Waals surface area (Å²) in [6, 6.07) is 4.11. The van der Waals surface area contributed by atoms with E-state index in [1.54, 1.807) is 6.07 Å². The number of alkyl halides is 3. The fourth-order valence-electron chi connectivity index (χ4n) is 1.91. The molecule has 1 N–H and O–H groups in total. The predicted octanol–water partition coefficient (Wildman–Crippen LogP) is 3.58. The standard InChI is InChI=1S/C15H20F3NO2/c1-2-19-8-12-5-6-14(13(7-12)15(16,17)18)21-10-20-9-11-3-4-11/h5-7,11,19H,2-4,8-10H2,1H3. The van der Waals surface area contributed by atoms with E-state index in [1.165, 1.54) is 6.07 Å². The van der Waals surface area contributed by atoms with Crippen LogP contribution < -0.4 is 10.1 Å². The van der Waals surface area contributed by atoms with Gasteiger partial charge in [0.25, 0.3) is 0 Å². The highest BCUT2D eigenvalue weighted by molar-refractivity contribution is 5.39. The van der Waals surface area contributed by atoms with Gasteiger partial charge < -0.3 is 14.8 Å². The Balaban J connectivity index is 1.99. The van der Waals surface area contributed by atoms with E-state index in [1.807, 2.05) is 6.92 Å². The van der Waals surface area contributed by atoms with Crippen LogP contribution in [0, 0.1) is 5.92 Å². The maximum absolute atomic E-state index is 13.1. The summed E-state index contributed by atoms with van der Waals surface area (Å²) in [5.74, 6) is 0.372. The van der Waals surface area contributed by atoms with Crippen molar-refractivity contribution in [1.29, 1.82) is 0 Å². The minimum absolute atomic E-state index is 0.147. The fourth-order valence-corrected chi connectivity index (χ4v) is 1.91. The zero-order chi connectivity index (χ0) is 15.3. The van der Waals surface area contributed by atoms with Crippen molar-refractivity contribution in [3.63, 3.8) is 0 Å². The minimum atomic E-state index is -4.44. The molecule has 118 valence electrons. The van der Waals surface area contributed by atoms with Crippen molar-refractivity contribution in [2.45, 2.75) is 32.5 Å². The summed E-state index contributed by atoms with van der Waals surface area (Å²) >= 11 is 0. The van der Waals surface area contributed by atoms with Gasteiger partial charge in [0.15, 0.2) is 6.79 Å². The molecule has 2 rings (SSSR count). The molecule has 0 saturated heterocycles. The second-order valence-corrected chi connectivity index (χ2v) is 5.18. The third-order valence-corrected chi connectivity index (χ3v) is 3.28. The van der Waals surface area contributed by atoms with Gasteiger partial charge in [0.05, 0.1) is 12.2 Å². The number of benzene rings is 1. The molecular weight excluding hydrogens is 283 g/mol. The third-order valence-electron chi connectivity index (χ3n) is 3.28. The SMILES string of the molecule is CCNCc1ccc(OCOCC2CC2)c(C(F)(F)F)c1. The quantitative estimate of drug-likeness (QED) is 0.588. The van der Waals surface area contributed by atoms with Crippen LogP contribution in [0.15, 0.2) is 18.2 Å². The van der Waals surface area contributed by atoms with E-state index in [9.17, 15) is 13.2 Å². The van der Waals surface area contributed by atoms with Crippen molar-refractivity contribution in [3.05, 3.63) is 29.3 Å². The lowest BCUT2D eigenvalue weighted by Gasteiger charge is -2.15. The van der Waals surface area contributed by atoms with Gasteiger partial charge in [-0.25, -0.2) is 0 Å². The number of hydrogen-bond acceptors (Lipinski definition) is 3. The van der Waals surface area contributed by atoms with Crippen LogP contribution >= 0.6 is 0 Å². The molecule has 1 fully saturated rings. The Kier molecular flexibility index (Phi) is 5.47. The molecule has 21 heavy (non-hydrogen) atoms. The zero-order valence-corrected chi connectivity index (χ0v) is 12.0. The van der Waals surface area contributed by atoms with Crippen molar-refractivity contribution < 1.29 is 22.6 Å². The zero-order valence-electron chi connectivity index (χ0n) is 12.0. The van der Waals surface area contributed by atoms with Gasteiger partial charge >= 0.3 is 6.18 Å². The number of hydrogen-bond donors (Lipinski definition) is 1. The van der Waals surface area contributed by atoms with E-state index in [-0.39, 0.29) is 12.5 Å². The van der Waals surface area contributed by atoms with Crippen LogP contribution in [0.4, 0.5) is 13.2 Å². The summed E-state index contributed by atoms with van der Waals surface area (Å²) in [6.45, 7) is 3.41. The van der Waals surface area contributed by atoms with E-state index < -0.39 is 11.7 Å². The normalized spacial score (nSPS) is 15.2. The van der Waals surface area contributed by atoms with Crippen molar-refractivity contribution in [1.82, 2.24) is 5.32 Å². The molecule has 3 nitrogen and oxygen atoms in total. The number of nitrogens with one attached hydrogen (secondary N) is 1. The van der Waals surface area contributed by atoms with Gasteiger partial charge in [0.1, 0.15) is 5.75 Å². The molecule has 1 aliphatic rings. The summed E-state index contributed by atoms with van der Waals surface area (Å²) in [5, 5.41) is 3.00. The lowest BCUT2D eigenvalue weighted by molar-refractivity contribution is -0.139. The first kappa shape index (κ1) is 16.1. The number of ether oxygens (including phenoxy) is 2. The first-order valence-electron chi connectivity index (χ1n) is 7.12. The smallest absolute Gasteiger partial charge is 0.419 e. The van der Waals surface area contributed by atoms with E-state index in [0.29, 0.717) is 31.2 Å². The first-order valence-corrected chi connectivity index (χ1v) is 7.12. The molecule has 1 aromatic rings. The van der Waals surface area contributed by atoms with Crippen LogP contribution in [-0.2, 0) is 17.5 Å². The summed E-state index contributed by atoms with van der Waals surface area (Å²) in [4.78, 5) is 0.